The molecule has 0 radical (unpaired) electrons. The summed E-state index contributed by atoms with van der Waals surface area (Å²) >= 11 is 6.29. The fourth-order valence-electron chi connectivity index (χ4n) is 3.35. The fourth-order valence-corrected chi connectivity index (χ4v) is 3.52. The fraction of sp³-hybridized carbons (Fsp3) is 0.167. The van der Waals surface area contributed by atoms with E-state index in [9.17, 15) is 9.90 Å². The van der Waals surface area contributed by atoms with E-state index < -0.39 is 5.97 Å². The van der Waals surface area contributed by atoms with E-state index in [1.807, 2.05) is 49.4 Å². The number of hydrogen-bond acceptors (Lipinski definition) is 5. The molecule has 3 N–H and O–H groups in total. The Morgan fingerprint density at radius 3 is 2.74 bits per heavy atom. The Hall–Kier alpha value is -3.51. The van der Waals surface area contributed by atoms with Gasteiger partial charge in [-0.2, -0.15) is 0 Å². The summed E-state index contributed by atoms with van der Waals surface area (Å²) in [5.74, 6) is 0.448. The number of aryl methyl sites for hydroxylation is 1. The van der Waals surface area contributed by atoms with E-state index in [0.29, 0.717) is 40.8 Å². The monoisotopic (exact) mass is 436 g/mol. The van der Waals surface area contributed by atoms with E-state index >= 15 is 0 Å². The number of para-hydroxylation sites is 1. The number of aromatic hydroxyl groups is 1. The summed E-state index contributed by atoms with van der Waals surface area (Å²) in [5, 5.41) is 24.0. The molecule has 6 nitrogen and oxygen atoms in total. The van der Waals surface area contributed by atoms with Gasteiger partial charge in [0.25, 0.3) is 0 Å². The zero-order valence-corrected chi connectivity index (χ0v) is 17.6. The summed E-state index contributed by atoms with van der Waals surface area (Å²) in [6, 6.07) is 16.6. The van der Waals surface area contributed by atoms with Gasteiger partial charge < -0.3 is 19.9 Å². The maximum atomic E-state index is 10.8. The summed E-state index contributed by atoms with van der Waals surface area (Å²) in [4.78, 5) is 15.4. The minimum Gasteiger partial charge on any atom is -0.507 e. The maximum absolute atomic E-state index is 10.8. The van der Waals surface area contributed by atoms with Crippen LogP contribution >= 0.6 is 11.6 Å². The molecule has 7 heteroatoms. The molecule has 0 atom stereocenters. The summed E-state index contributed by atoms with van der Waals surface area (Å²) in [6.45, 7) is 2.27. The van der Waals surface area contributed by atoms with Crippen LogP contribution in [0.3, 0.4) is 0 Å². The standard InChI is InChI=1S/C24H21ClN2O4/c1-14-9-20(28)17(13-18(14)25)19-10-16(12-23(27-19)26-8-4-7-24(29)30)22-11-15-5-2-3-6-21(15)31-22/h2-3,5-6,9-13,28H,4,7-8H2,1H3,(H,26,27)(H,29,30). The summed E-state index contributed by atoms with van der Waals surface area (Å²) in [6.07, 6.45) is 0.528. The number of aliphatic carboxylic acids is 1. The van der Waals surface area contributed by atoms with Crippen molar-refractivity contribution in [2.75, 3.05) is 11.9 Å². The van der Waals surface area contributed by atoms with E-state index in [0.717, 1.165) is 22.1 Å². The number of carboxylic acids is 1. The average Bonchev–Trinajstić information content (AvgIpc) is 3.18. The number of carboxylic acid groups (broad SMARTS) is 1. The van der Waals surface area contributed by atoms with Crippen molar-refractivity contribution in [3.05, 3.63) is 65.2 Å². The highest BCUT2D eigenvalue weighted by Crippen LogP contribution is 2.37. The maximum Gasteiger partial charge on any atom is 0.303 e. The van der Waals surface area contributed by atoms with Crippen LogP contribution in [0.15, 0.2) is 59.0 Å². The molecule has 0 spiro atoms. The van der Waals surface area contributed by atoms with Gasteiger partial charge in [-0.05, 0) is 55.3 Å². The Labute approximate surface area is 184 Å². The topological polar surface area (TPSA) is 95.6 Å². The second-order valence-corrected chi connectivity index (χ2v) is 7.72. The number of nitrogens with one attached hydrogen (secondary N) is 1. The van der Waals surface area contributed by atoms with Gasteiger partial charge in [0.1, 0.15) is 22.9 Å². The van der Waals surface area contributed by atoms with Crippen LogP contribution in [0.25, 0.3) is 33.6 Å². The number of aromatic nitrogens is 1. The molecule has 0 fully saturated rings. The van der Waals surface area contributed by atoms with Crippen molar-refractivity contribution < 1.29 is 19.4 Å². The Morgan fingerprint density at radius 1 is 1.16 bits per heavy atom. The zero-order chi connectivity index (χ0) is 22.0. The SMILES string of the molecule is Cc1cc(O)c(-c2cc(-c3cc4ccccc4o3)cc(NCCCC(=O)O)n2)cc1Cl. The van der Waals surface area contributed by atoms with Crippen LogP contribution in [0.5, 0.6) is 5.75 Å². The summed E-state index contributed by atoms with van der Waals surface area (Å²) in [7, 11) is 0. The second-order valence-electron chi connectivity index (χ2n) is 7.32. The van der Waals surface area contributed by atoms with Crippen molar-refractivity contribution in [1.82, 2.24) is 4.98 Å². The Balaban J connectivity index is 1.77. The molecule has 0 aliphatic heterocycles. The van der Waals surface area contributed by atoms with Gasteiger partial charge in [0.2, 0.25) is 0 Å². The molecule has 2 aromatic carbocycles. The first-order valence-corrected chi connectivity index (χ1v) is 10.2. The third-order valence-corrected chi connectivity index (χ3v) is 5.37. The lowest BCUT2D eigenvalue weighted by Crippen LogP contribution is -2.06. The molecule has 0 saturated heterocycles. The van der Waals surface area contributed by atoms with Crippen molar-refractivity contribution in [2.45, 2.75) is 19.8 Å². The number of hydrogen-bond donors (Lipinski definition) is 3. The van der Waals surface area contributed by atoms with E-state index in [2.05, 4.69) is 10.3 Å². The Bertz CT molecular complexity index is 1230. The number of fused-ring (bicyclic) bond motifs is 1. The number of anilines is 1. The number of rotatable bonds is 7. The van der Waals surface area contributed by atoms with Gasteiger partial charge in [-0.25, -0.2) is 4.98 Å². The van der Waals surface area contributed by atoms with E-state index in [1.54, 1.807) is 12.1 Å². The number of nitrogens with zero attached hydrogens (tertiary/aromatic N) is 1. The summed E-state index contributed by atoms with van der Waals surface area (Å²) < 4.78 is 6.01. The van der Waals surface area contributed by atoms with Crippen LogP contribution in [0.1, 0.15) is 18.4 Å². The lowest BCUT2D eigenvalue weighted by Gasteiger charge is -2.12. The third kappa shape index (κ3) is 4.64. The Morgan fingerprint density at radius 2 is 1.97 bits per heavy atom. The number of phenolic OH excluding ortho intramolecular Hbond substituents is 1. The quantitative estimate of drug-likeness (QED) is 0.303. The van der Waals surface area contributed by atoms with Crippen LogP contribution in [0.2, 0.25) is 5.02 Å². The van der Waals surface area contributed by atoms with Crippen molar-refractivity contribution in [3.63, 3.8) is 0 Å². The number of carbonyl (C=O) groups is 1. The molecule has 0 amide bonds. The van der Waals surface area contributed by atoms with E-state index in [1.165, 1.54) is 0 Å². The third-order valence-electron chi connectivity index (χ3n) is 4.96. The molecular formula is C24H21ClN2O4. The van der Waals surface area contributed by atoms with Gasteiger partial charge in [-0.1, -0.05) is 29.8 Å². The zero-order valence-electron chi connectivity index (χ0n) is 16.9. The molecule has 158 valence electrons. The van der Waals surface area contributed by atoms with Gasteiger partial charge in [-0.3, -0.25) is 4.79 Å². The molecule has 0 aliphatic carbocycles. The molecule has 0 unspecified atom stereocenters. The molecule has 2 aromatic heterocycles. The van der Waals surface area contributed by atoms with Crippen LogP contribution < -0.4 is 5.32 Å². The highest BCUT2D eigenvalue weighted by atomic mass is 35.5. The van der Waals surface area contributed by atoms with Crippen LogP contribution in [0.4, 0.5) is 5.82 Å². The Kier molecular flexibility index (Phi) is 5.82. The van der Waals surface area contributed by atoms with E-state index in [4.69, 9.17) is 21.1 Å². The first-order chi connectivity index (χ1) is 14.9. The lowest BCUT2D eigenvalue weighted by molar-refractivity contribution is -0.137. The minimum absolute atomic E-state index is 0.0669. The van der Waals surface area contributed by atoms with Crippen LogP contribution in [-0.2, 0) is 4.79 Å². The number of benzene rings is 2. The number of phenols is 1. The second kappa shape index (κ2) is 8.70. The van der Waals surface area contributed by atoms with Crippen molar-refractivity contribution in [3.8, 4) is 28.3 Å². The average molecular weight is 437 g/mol. The molecule has 0 aliphatic rings. The highest BCUT2D eigenvalue weighted by Gasteiger charge is 2.14. The molecule has 31 heavy (non-hydrogen) atoms. The number of furan rings is 1. The number of pyridine rings is 1. The van der Waals surface area contributed by atoms with E-state index in [-0.39, 0.29) is 12.2 Å². The molecular weight excluding hydrogens is 416 g/mol. The van der Waals surface area contributed by atoms with Crippen molar-refractivity contribution in [2.24, 2.45) is 0 Å². The minimum atomic E-state index is -0.842. The lowest BCUT2D eigenvalue weighted by atomic mass is 10.0. The molecule has 4 aromatic rings. The van der Waals surface area contributed by atoms with Gasteiger partial charge in [-0.15, -0.1) is 0 Å². The molecule has 4 rings (SSSR count). The van der Waals surface area contributed by atoms with Gasteiger partial charge in [0.05, 0.1) is 5.69 Å². The van der Waals surface area contributed by atoms with Gasteiger partial charge in [0, 0.05) is 34.5 Å². The van der Waals surface area contributed by atoms with Crippen LogP contribution in [-0.4, -0.2) is 27.7 Å². The molecule has 0 bridgehead atoms. The first-order valence-electron chi connectivity index (χ1n) is 9.87. The molecule has 2 heterocycles. The first kappa shape index (κ1) is 20.8. The van der Waals surface area contributed by atoms with Gasteiger partial charge >= 0.3 is 5.97 Å². The van der Waals surface area contributed by atoms with Crippen LogP contribution in [0, 0.1) is 6.92 Å². The summed E-state index contributed by atoms with van der Waals surface area (Å²) in [5.41, 5.74) is 3.34. The smallest absolute Gasteiger partial charge is 0.303 e. The van der Waals surface area contributed by atoms with Crippen molar-refractivity contribution in [1.29, 1.82) is 0 Å². The van der Waals surface area contributed by atoms with Crippen molar-refractivity contribution >= 4 is 34.4 Å². The highest BCUT2D eigenvalue weighted by molar-refractivity contribution is 6.31. The largest absolute Gasteiger partial charge is 0.507 e. The number of halogens is 1. The normalized spacial score (nSPS) is 11.0. The molecule has 0 saturated carbocycles. The predicted octanol–water partition coefficient (Wildman–Crippen LogP) is 6.11. The van der Waals surface area contributed by atoms with Gasteiger partial charge in [0.15, 0.2) is 0 Å². The predicted molar refractivity (Wildman–Crippen MR) is 122 cm³/mol.